The van der Waals surface area contributed by atoms with Gasteiger partial charge in [-0.15, -0.1) is 11.3 Å². The highest BCUT2D eigenvalue weighted by Crippen LogP contribution is 2.35. The molecule has 0 bridgehead atoms. The maximum Gasteiger partial charge on any atom is 0.171 e. The molecule has 0 spiro atoms. The van der Waals surface area contributed by atoms with Gasteiger partial charge < -0.3 is 0 Å². The first-order chi connectivity index (χ1) is 8.50. The van der Waals surface area contributed by atoms with Crippen LogP contribution in [0.25, 0.3) is 10.6 Å². The smallest absolute Gasteiger partial charge is 0.171 e. The summed E-state index contributed by atoms with van der Waals surface area (Å²) in [6.45, 7) is 5.66. The van der Waals surface area contributed by atoms with Crippen LogP contribution >= 0.6 is 22.9 Å². The fourth-order valence-electron chi connectivity index (χ4n) is 1.73. The van der Waals surface area contributed by atoms with Crippen LogP contribution in [0.15, 0.2) is 24.3 Å². The van der Waals surface area contributed by atoms with E-state index in [1.54, 1.807) is 6.92 Å². The zero-order valence-electron chi connectivity index (χ0n) is 10.5. The van der Waals surface area contributed by atoms with Crippen LogP contribution in [0.3, 0.4) is 0 Å². The first-order valence-corrected chi connectivity index (χ1v) is 6.96. The fourth-order valence-corrected chi connectivity index (χ4v) is 3.16. The molecule has 0 saturated carbocycles. The summed E-state index contributed by atoms with van der Waals surface area (Å²) >= 11 is 7.58. The second-order valence-electron chi connectivity index (χ2n) is 4.42. The maximum atomic E-state index is 11.6. The third-order valence-electron chi connectivity index (χ3n) is 2.62. The molecule has 0 saturated heterocycles. The third-order valence-corrected chi connectivity index (χ3v) is 4.16. The molecule has 2 aromatic rings. The molecule has 0 unspecified atom stereocenters. The maximum absolute atomic E-state index is 11.6. The molecular weight excluding hydrogens is 266 g/mol. The monoisotopic (exact) mass is 279 g/mol. The van der Waals surface area contributed by atoms with Gasteiger partial charge in [0.25, 0.3) is 0 Å². The molecular formula is C14H14ClNOS. The molecule has 0 fully saturated rings. The minimum absolute atomic E-state index is 0.0644. The van der Waals surface area contributed by atoms with E-state index in [9.17, 15) is 4.79 Å². The van der Waals surface area contributed by atoms with Crippen molar-refractivity contribution in [1.29, 1.82) is 0 Å². The van der Waals surface area contributed by atoms with Gasteiger partial charge in [-0.05, 0) is 12.0 Å². The molecule has 1 heterocycles. The molecule has 2 nitrogen and oxygen atoms in total. The van der Waals surface area contributed by atoms with Crippen molar-refractivity contribution in [1.82, 2.24) is 4.98 Å². The van der Waals surface area contributed by atoms with Gasteiger partial charge in [0.2, 0.25) is 0 Å². The normalized spacial score (nSPS) is 10.9. The lowest BCUT2D eigenvalue weighted by atomic mass is 10.1. The number of hydrogen-bond acceptors (Lipinski definition) is 3. The summed E-state index contributed by atoms with van der Waals surface area (Å²) in [4.78, 5) is 16.9. The Labute approximate surface area is 116 Å². The van der Waals surface area contributed by atoms with Crippen molar-refractivity contribution >= 4 is 28.7 Å². The van der Waals surface area contributed by atoms with E-state index >= 15 is 0 Å². The van der Waals surface area contributed by atoms with E-state index in [1.807, 2.05) is 38.1 Å². The Morgan fingerprint density at radius 1 is 1.33 bits per heavy atom. The molecule has 0 radical (unpaired) electrons. The van der Waals surface area contributed by atoms with Crippen molar-refractivity contribution in [3.05, 3.63) is 39.9 Å². The number of thiazole rings is 1. The molecule has 0 N–H and O–H groups in total. The van der Waals surface area contributed by atoms with E-state index in [4.69, 9.17) is 11.6 Å². The average Bonchev–Trinajstić information content (AvgIpc) is 2.74. The van der Waals surface area contributed by atoms with Crippen LogP contribution in [0.4, 0.5) is 0 Å². The number of rotatable bonds is 3. The van der Waals surface area contributed by atoms with Crippen molar-refractivity contribution in [2.75, 3.05) is 0 Å². The van der Waals surface area contributed by atoms with Crippen molar-refractivity contribution < 1.29 is 4.79 Å². The highest BCUT2D eigenvalue weighted by atomic mass is 35.5. The number of carbonyl (C=O) groups is 1. The highest BCUT2D eigenvalue weighted by molar-refractivity contribution is 7.17. The molecule has 0 aliphatic rings. The second kappa shape index (κ2) is 5.21. The van der Waals surface area contributed by atoms with Crippen LogP contribution in [0.1, 0.15) is 42.1 Å². The Balaban J connectivity index is 2.57. The SMILES string of the molecule is CC(=O)c1sc(-c2ccccc2Cl)nc1C(C)C. The summed E-state index contributed by atoms with van der Waals surface area (Å²) in [5, 5.41) is 1.48. The van der Waals surface area contributed by atoms with Crippen LogP contribution < -0.4 is 0 Å². The minimum Gasteiger partial charge on any atom is -0.294 e. The zero-order valence-corrected chi connectivity index (χ0v) is 12.1. The Bertz CT molecular complexity index is 589. The average molecular weight is 280 g/mol. The number of hydrogen-bond donors (Lipinski definition) is 0. The minimum atomic E-state index is 0.0644. The summed E-state index contributed by atoms with van der Waals surface area (Å²) in [6.07, 6.45) is 0. The first-order valence-electron chi connectivity index (χ1n) is 5.77. The van der Waals surface area contributed by atoms with Crippen molar-refractivity contribution in [2.45, 2.75) is 26.7 Å². The van der Waals surface area contributed by atoms with Crippen LogP contribution in [0, 0.1) is 0 Å². The van der Waals surface area contributed by atoms with Crippen LogP contribution in [0.5, 0.6) is 0 Å². The first kappa shape index (κ1) is 13.2. The van der Waals surface area contributed by atoms with E-state index in [2.05, 4.69) is 4.98 Å². The van der Waals surface area contributed by atoms with Gasteiger partial charge in [-0.3, -0.25) is 4.79 Å². The van der Waals surface area contributed by atoms with Gasteiger partial charge in [-0.2, -0.15) is 0 Å². The second-order valence-corrected chi connectivity index (χ2v) is 5.83. The third kappa shape index (κ3) is 2.47. The lowest BCUT2D eigenvalue weighted by Gasteiger charge is -2.01. The van der Waals surface area contributed by atoms with Crippen LogP contribution in [-0.4, -0.2) is 10.8 Å². The lowest BCUT2D eigenvalue weighted by Crippen LogP contribution is -1.97. The van der Waals surface area contributed by atoms with Gasteiger partial charge >= 0.3 is 0 Å². The summed E-state index contributed by atoms with van der Waals surface area (Å²) in [5.41, 5.74) is 1.75. The molecule has 94 valence electrons. The highest BCUT2D eigenvalue weighted by Gasteiger charge is 2.19. The van der Waals surface area contributed by atoms with Gasteiger partial charge in [0, 0.05) is 12.5 Å². The zero-order chi connectivity index (χ0) is 13.3. The van der Waals surface area contributed by atoms with E-state index in [1.165, 1.54) is 11.3 Å². The topological polar surface area (TPSA) is 30.0 Å². The number of nitrogens with zero attached hydrogens (tertiary/aromatic N) is 1. The van der Waals surface area contributed by atoms with Gasteiger partial charge in [0.05, 0.1) is 15.6 Å². The molecule has 0 aliphatic heterocycles. The molecule has 1 aromatic carbocycles. The summed E-state index contributed by atoms with van der Waals surface area (Å²) in [5.74, 6) is 0.297. The molecule has 4 heteroatoms. The largest absolute Gasteiger partial charge is 0.294 e. The number of ketones is 1. The Kier molecular flexibility index (Phi) is 3.83. The quantitative estimate of drug-likeness (QED) is 0.756. The Morgan fingerprint density at radius 3 is 2.50 bits per heavy atom. The van der Waals surface area contributed by atoms with Gasteiger partial charge in [-0.25, -0.2) is 4.98 Å². The van der Waals surface area contributed by atoms with E-state index < -0.39 is 0 Å². The lowest BCUT2D eigenvalue weighted by molar-refractivity contribution is 0.102. The van der Waals surface area contributed by atoms with E-state index in [0.29, 0.717) is 5.02 Å². The summed E-state index contributed by atoms with van der Waals surface area (Å²) in [7, 11) is 0. The van der Waals surface area contributed by atoms with Crippen LogP contribution in [0.2, 0.25) is 5.02 Å². The number of carbonyl (C=O) groups excluding carboxylic acids is 1. The van der Waals surface area contributed by atoms with E-state index in [-0.39, 0.29) is 11.7 Å². The summed E-state index contributed by atoms with van der Waals surface area (Å²) < 4.78 is 0. The van der Waals surface area contributed by atoms with Gasteiger partial charge in [-0.1, -0.05) is 43.6 Å². The molecule has 2 rings (SSSR count). The van der Waals surface area contributed by atoms with Gasteiger partial charge in [0.1, 0.15) is 5.01 Å². The number of aromatic nitrogens is 1. The van der Waals surface area contributed by atoms with Gasteiger partial charge in [0.15, 0.2) is 5.78 Å². The van der Waals surface area contributed by atoms with E-state index in [0.717, 1.165) is 21.1 Å². The summed E-state index contributed by atoms with van der Waals surface area (Å²) in [6, 6.07) is 7.57. The van der Waals surface area contributed by atoms with Crippen molar-refractivity contribution in [3.63, 3.8) is 0 Å². The van der Waals surface area contributed by atoms with Crippen molar-refractivity contribution in [3.8, 4) is 10.6 Å². The number of benzene rings is 1. The molecule has 0 aliphatic carbocycles. The molecule has 1 aromatic heterocycles. The molecule has 18 heavy (non-hydrogen) atoms. The predicted octanol–water partition coefficient (Wildman–Crippen LogP) is 4.79. The molecule has 0 amide bonds. The standard InChI is InChI=1S/C14H14ClNOS/c1-8(2)12-13(9(3)17)18-14(16-12)10-6-4-5-7-11(10)15/h4-8H,1-3H3. The van der Waals surface area contributed by atoms with Crippen molar-refractivity contribution in [2.24, 2.45) is 0 Å². The number of Topliss-reactive ketones (excluding diaryl/α,β-unsaturated/α-hetero) is 1. The number of halogens is 1. The Hall–Kier alpha value is -1.19. The fraction of sp³-hybridized carbons (Fsp3) is 0.286. The predicted molar refractivity (Wildman–Crippen MR) is 76.7 cm³/mol. The van der Waals surface area contributed by atoms with Crippen LogP contribution in [-0.2, 0) is 0 Å². The molecule has 0 atom stereocenters. The Morgan fingerprint density at radius 2 is 2.00 bits per heavy atom.